The number of nitrogens with one attached hydrogen (secondary N) is 1. The highest BCUT2D eigenvalue weighted by molar-refractivity contribution is 6.29. The summed E-state index contributed by atoms with van der Waals surface area (Å²) in [5.41, 5.74) is 0.967. The van der Waals surface area contributed by atoms with Crippen molar-refractivity contribution >= 4 is 23.2 Å². The van der Waals surface area contributed by atoms with Crippen LogP contribution in [0.25, 0.3) is 11.5 Å². The predicted octanol–water partition coefficient (Wildman–Crippen LogP) is 3.17. The number of halogens is 2. The first-order valence-electron chi connectivity index (χ1n) is 6.33. The minimum atomic E-state index is -0.451. The fourth-order valence-electron chi connectivity index (χ4n) is 1.79. The minimum Gasteiger partial charge on any atom is -0.323 e. The highest BCUT2D eigenvalue weighted by atomic mass is 35.5. The molecule has 3 aromatic heterocycles. The number of anilines is 2. The predicted molar refractivity (Wildman–Crippen MR) is 80.3 cm³/mol. The molecule has 0 bridgehead atoms. The largest absolute Gasteiger partial charge is 0.323 e. The van der Waals surface area contributed by atoms with Crippen molar-refractivity contribution in [2.45, 2.75) is 6.92 Å². The molecule has 110 valence electrons. The fraction of sp³-hybridized carbons (Fsp3) is 0.0714. The molecule has 0 aromatic carbocycles. The van der Waals surface area contributed by atoms with Crippen LogP contribution in [0.15, 0.2) is 36.7 Å². The van der Waals surface area contributed by atoms with Crippen molar-refractivity contribution in [3.63, 3.8) is 0 Å². The first-order valence-corrected chi connectivity index (χ1v) is 6.71. The van der Waals surface area contributed by atoms with E-state index in [1.54, 1.807) is 25.1 Å². The number of rotatable bonds is 3. The molecule has 0 fully saturated rings. The maximum atomic E-state index is 13.2. The lowest BCUT2D eigenvalue weighted by Gasteiger charge is -2.07. The third-order valence-corrected chi connectivity index (χ3v) is 2.86. The van der Waals surface area contributed by atoms with Gasteiger partial charge in [0.1, 0.15) is 22.5 Å². The van der Waals surface area contributed by atoms with E-state index in [1.807, 2.05) is 0 Å². The molecular weight excluding hydrogens is 307 g/mol. The summed E-state index contributed by atoms with van der Waals surface area (Å²) < 4.78 is 13.2. The summed E-state index contributed by atoms with van der Waals surface area (Å²) in [4.78, 5) is 20.6. The second-order valence-corrected chi connectivity index (χ2v) is 4.78. The van der Waals surface area contributed by atoms with Crippen molar-refractivity contribution in [3.05, 3.63) is 53.5 Å². The van der Waals surface area contributed by atoms with Crippen molar-refractivity contribution in [1.82, 2.24) is 24.9 Å². The van der Waals surface area contributed by atoms with E-state index < -0.39 is 5.82 Å². The topological polar surface area (TPSA) is 76.5 Å². The molecule has 0 atom stereocenters. The minimum absolute atomic E-state index is 0.275. The van der Waals surface area contributed by atoms with Crippen molar-refractivity contribution in [2.24, 2.45) is 0 Å². The Morgan fingerprint density at radius 3 is 2.73 bits per heavy atom. The van der Waals surface area contributed by atoms with Gasteiger partial charge in [-0.25, -0.2) is 14.4 Å². The molecule has 3 rings (SSSR count). The molecule has 3 heterocycles. The molecule has 0 aliphatic rings. The van der Waals surface area contributed by atoms with Crippen LogP contribution in [0.3, 0.4) is 0 Å². The number of hydrogen-bond donors (Lipinski definition) is 1. The van der Waals surface area contributed by atoms with E-state index in [0.717, 1.165) is 6.20 Å². The summed E-state index contributed by atoms with van der Waals surface area (Å²) >= 11 is 5.87. The Morgan fingerprint density at radius 2 is 1.95 bits per heavy atom. The Kier molecular flexibility index (Phi) is 3.88. The van der Waals surface area contributed by atoms with Crippen LogP contribution in [-0.2, 0) is 0 Å². The highest BCUT2D eigenvalue weighted by Crippen LogP contribution is 2.18. The summed E-state index contributed by atoms with van der Waals surface area (Å²) in [7, 11) is 0. The van der Waals surface area contributed by atoms with Crippen molar-refractivity contribution in [2.75, 3.05) is 5.32 Å². The molecule has 0 aliphatic heterocycles. The molecule has 0 radical (unpaired) electrons. The second-order valence-electron chi connectivity index (χ2n) is 4.39. The monoisotopic (exact) mass is 316 g/mol. The van der Waals surface area contributed by atoms with Gasteiger partial charge in [-0.2, -0.15) is 9.97 Å². The number of hydrogen-bond acceptors (Lipinski definition) is 6. The van der Waals surface area contributed by atoms with Gasteiger partial charge in [-0.3, -0.25) is 4.98 Å². The van der Waals surface area contributed by atoms with E-state index in [4.69, 9.17) is 11.6 Å². The smallest absolute Gasteiger partial charge is 0.231 e. The molecule has 0 saturated heterocycles. The summed E-state index contributed by atoms with van der Waals surface area (Å²) in [6.45, 7) is 1.73. The maximum absolute atomic E-state index is 13.2. The Morgan fingerprint density at radius 1 is 1.09 bits per heavy atom. The van der Waals surface area contributed by atoms with Crippen LogP contribution in [0.5, 0.6) is 0 Å². The molecule has 6 nitrogen and oxygen atoms in total. The van der Waals surface area contributed by atoms with Crippen molar-refractivity contribution in [3.8, 4) is 11.5 Å². The van der Waals surface area contributed by atoms with Crippen molar-refractivity contribution in [1.29, 1.82) is 0 Å². The van der Waals surface area contributed by atoms with E-state index in [2.05, 4.69) is 30.2 Å². The molecule has 0 saturated carbocycles. The molecule has 1 N–H and O–H groups in total. The van der Waals surface area contributed by atoms with Gasteiger partial charge in [0.15, 0.2) is 5.82 Å². The fourth-order valence-corrected chi connectivity index (χ4v) is 1.96. The summed E-state index contributed by atoms with van der Waals surface area (Å²) in [5.74, 6) is 0.699. The third-order valence-electron chi connectivity index (χ3n) is 2.65. The normalized spacial score (nSPS) is 10.5. The molecule has 0 amide bonds. The molecular formula is C14H10ClFN6. The maximum Gasteiger partial charge on any atom is 0.231 e. The molecule has 22 heavy (non-hydrogen) atoms. The Labute approximate surface area is 130 Å². The number of pyridine rings is 2. The quantitative estimate of drug-likeness (QED) is 0.748. The number of aromatic nitrogens is 5. The average Bonchev–Trinajstić information content (AvgIpc) is 2.46. The van der Waals surface area contributed by atoms with E-state index in [-0.39, 0.29) is 5.95 Å². The van der Waals surface area contributed by atoms with Gasteiger partial charge < -0.3 is 5.32 Å². The Bertz CT molecular complexity index is 826. The van der Waals surface area contributed by atoms with Crippen LogP contribution in [0, 0.1) is 12.7 Å². The van der Waals surface area contributed by atoms with Crippen LogP contribution < -0.4 is 5.32 Å². The zero-order valence-corrected chi connectivity index (χ0v) is 12.2. The van der Waals surface area contributed by atoms with Crippen LogP contribution in [-0.4, -0.2) is 24.9 Å². The standard InChI is InChI=1S/C14H10ClFN6/c1-8-18-13(11-3-2-4-12(15)21-11)22-14(19-8)20-10-5-9(16)6-17-7-10/h2-7H,1H3,(H,18,19,20,22). The van der Waals surface area contributed by atoms with Crippen LogP contribution in [0.2, 0.25) is 5.15 Å². The van der Waals surface area contributed by atoms with E-state index in [9.17, 15) is 4.39 Å². The lowest BCUT2D eigenvalue weighted by molar-refractivity contribution is 0.622. The van der Waals surface area contributed by atoms with Gasteiger partial charge in [0.2, 0.25) is 5.95 Å². The average molecular weight is 317 g/mol. The molecule has 8 heteroatoms. The first-order chi connectivity index (χ1) is 10.6. The SMILES string of the molecule is Cc1nc(Nc2cncc(F)c2)nc(-c2cccc(Cl)n2)n1. The van der Waals surface area contributed by atoms with Crippen LogP contribution in [0.1, 0.15) is 5.82 Å². The molecule has 0 spiro atoms. The summed E-state index contributed by atoms with van der Waals surface area (Å²) in [5, 5.41) is 3.23. The van der Waals surface area contributed by atoms with Gasteiger partial charge >= 0.3 is 0 Å². The molecule has 0 unspecified atom stereocenters. The molecule has 3 aromatic rings. The first kappa shape index (κ1) is 14.3. The Balaban J connectivity index is 1.96. The van der Waals surface area contributed by atoms with E-state index in [0.29, 0.717) is 28.2 Å². The van der Waals surface area contributed by atoms with Gasteiger partial charge in [-0.1, -0.05) is 17.7 Å². The van der Waals surface area contributed by atoms with Gasteiger partial charge in [-0.15, -0.1) is 0 Å². The lowest BCUT2D eigenvalue weighted by atomic mass is 10.3. The highest BCUT2D eigenvalue weighted by Gasteiger charge is 2.09. The van der Waals surface area contributed by atoms with Crippen LogP contribution in [0.4, 0.5) is 16.0 Å². The van der Waals surface area contributed by atoms with Crippen LogP contribution >= 0.6 is 11.6 Å². The van der Waals surface area contributed by atoms with Gasteiger partial charge in [-0.05, 0) is 19.1 Å². The number of nitrogens with zero attached hydrogens (tertiary/aromatic N) is 5. The van der Waals surface area contributed by atoms with E-state index >= 15 is 0 Å². The Hall–Kier alpha value is -2.67. The zero-order valence-electron chi connectivity index (χ0n) is 11.5. The second kappa shape index (κ2) is 5.98. The number of aryl methyl sites for hydroxylation is 1. The lowest BCUT2D eigenvalue weighted by Crippen LogP contribution is -2.04. The van der Waals surface area contributed by atoms with Crippen molar-refractivity contribution < 1.29 is 4.39 Å². The third kappa shape index (κ3) is 3.32. The zero-order chi connectivity index (χ0) is 15.5. The molecule has 0 aliphatic carbocycles. The van der Waals surface area contributed by atoms with Gasteiger partial charge in [0.25, 0.3) is 0 Å². The van der Waals surface area contributed by atoms with Gasteiger partial charge in [0, 0.05) is 6.07 Å². The summed E-state index contributed by atoms with van der Waals surface area (Å²) in [6, 6.07) is 6.46. The summed E-state index contributed by atoms with van der Waals surface area (Å²) in [6.07, 6.45) is 2.59. The van der Waals surface area contributed by atoms with Gasteiger partial charge in [0.05, 0.1) is 18.1 Å². The van der Waals surface area contributed by atoms with E-state index in [1.165, 1.54) is 12.3 Å².